The van der Waals surface area contributed by atoms with Gasteiger partial charge in [-0.2, -0.15) is 0 Å². The monoisotopic (exact) mass is 222 g/mol. The SMILES string of the molecule is CC(C)C(=O)CCC(=O)c1cccc(F)c1. The standard InChI is InChI=1S/C13H15FO2/c1-9(2)12(15)6-7-13(16)10-4-3-5-11(14)8-10/h3-5,8-9H,6-7H2,1-2H3. The van der Waals surface area contributed by atoms with Gasteiger partial charge in [-0.15, -0.1) is 0 Å². The fourth-order valence-electron chi connectivity index (χ4n) is 1.33. The van der Waals surface area contributed by atoms with Crippen LogP contribution in [-0.2, 0) is 4.79 Å². The first-order valence-corrected chi connectivity index (χ1v) is 5.32. The molecule has 2 nitrogen and oxygen atoms in total. The Morgan fingerprint density at radius 2 is 1.94 bits per heavy atom. The number of ketones is 2. The molecule has 0 unspecified atom stereocenters. The number of carbonyl (C=O) groups is 2. The van der Waals surface area contributed by atoms with Crippen LogP contribution in [-0.4, -0.2) is 11.6 Å². The molecule has 1 aromatic rings. The topological polar surface area (TPSA) is 34.1 Å². The summed E-state index contributed by atoms with van der Waals surface area (Å²) in [5.74, 6) is -0.611. The van der Waals surface area contributed by atoms with E-state index in [9.17, 15) is 14.0 Å². The number of benzene rings is 1. The molecule has 0 aliphatic rings. The summed E-state index contributed by atoms with van der Waals surface area (Å²) in [6, 6.07) is 5.54. The lowest BCUT2D eigenvalue weighted by molar-refractivity contribution is -0.121. The van der Waals surface area contributed by atoms with Crippen LogP contribution >= 0.6 is 0 Å². The average Bonchev–Trinajstić information content (AvgIpc) is 2.25. The molecule has 86 valence electrons. The first-order valence-electron chi connectivity index (χ1n) is 5.32. The van der Waals surface area contributed by atoms with Gasteiger partial charge in [-0.3, -0.25) is 9.59 Å². The smallest absolute Gasteiger partial charge is 0.163 e. The first-order chi connectivity index (χ1) is 7.50. The van der Waals surface area contributed by atoms with Gasteiger partial charge in [0, 0.05) is 24.3 Å². The minimum Gasteiger partial charge on any atom is -0.299 e. The van der Waals surface area contributed by atoms with Gasteiger partial charge in [0.1, 0.15) is 11.6 Å². The molecule has 16 heavy (non-hydrogen) atoms. The zero-order valence-corrected chi connectivity index (χ0v) is 9.50. The van der Waals surface area contributed by atoms with E-state index in [4.69, 9.17) is 0 Å². The summed E-state index contributed by atoms with van der Waals surface area (Å²) in [5, 5.41) is 0. The van der Waals surface area contributed by atoms with E-state index in [2.05, 4.69) is 0 Å². The molecule has 1 rings (SSSR count). The van der Waals surface area contributed by atoms with E-state index in [0.29, 0.717) is 5.56 Å². The zero-order chi connectivity index (χ0) is 12.1. The van der Waals surface area contributed by atoms with Crippen LogP contribution in [0.1, 0.15) is 37.0 Å². The molecule has 0 aliphatic carbocycles. The number of halogens is 1. The number of hydrogen-bond acceptors (Lipinski definition) is 2. The molecule has 0 amide bonds. The maximum Gasteiger partial charge on any atom is 0.163 e. The summed E-state index contributed by atoms with van der Waals surface area (Å²) in [5.41, 5.74) is 0.330. The van der Waals surface area contributed by atoms with Gasteiger partial charge in [0.25, 0.3) is 0 Å². The fraction of sp³-hybridized carbons (Fsp3) is 0.385. The van der Waals surface area contributed by atoms with Gasteiger partial charge >= 0.3 is 0 Å². The Morgan fingerprint density at radius 3 is 2.50 bits per heavy atom. The van der Waals surface area contributed by atoms with Crippen molar-refractivity contribution in [3.63, 3.8) is 0 Å². The van der Waals surface area contributed by atoms with Crippen LogP contribution in [0.15, 0.2) is 24.3 Å². The summed E-state index contributed by atoms with van der Waals surface area (Å²) in [7, 11) is 0. The van der Waals surface area contributed by atoms with Crippen molar-refractivity contribution in [1.82, 2.24) is 0 Å². The van der Waals surface area contributed by atoms with Crippen LogP contribution in [0.4, 0.5) is 4.39 Å². The average molecular weight is 222 g/mol. The maximum atomic E-state index is 12.8. The zero-order valence-electron chi connectivity index (χ0n) is 9.50. The molecular formula is C13H15FO2. The van der Waals surface area contributed by atoms with Crippen LogP contribution in [0.25, 0.3) is 0 Å². The largest absolute Gasteiger partial charge is 0.299 e. The van der Waals surface area contributed by atoms with Crippen LogP contribution in [0.5, 0.6) is 0 Å². The second-order valence-electron chi connectivity index (χ2n) is 4.05. The Morgan fingerprint density at radius 1 is 1.25 bits per heavy atom. The van der Waals surface area contributed by atoms with Crippen molar-refractivity contribution in [2.45, 2.75) is 26.7 Å². The van der Waals surface area contributed by atoms with E-state index in [1.807, 2.05) is 0 Å². The van der Waals surface area contributed by atoms with E-state index in [1.54, 1.807) is 19.9 Å². The normalized spacial score (nSPS) is 10.5. The fourth-order valence-corrected chi connectivity index (χ4v) is 1.33. The molecule has 0 saturated heterocycles. The lowest BCUT2D eigenvalue weighted by Crippen LogP contribution is -2.10. The highest BCUT2D eigenvalue weighted by molar-refractivity contribution is 5.98. The Bertz CT molecular complexity index is 397. The second kappa shape index (κ2) is 5.54. The molecule has 0 spiro atoms. The minimum atomic E-state index is -0.430. The molecule has 0 radical (unpaired) electrons. The lowest BCUT2D eigenvalue weighted by Gasteiger charge is -2.03. The first kappa shape index (κ1) is 12.6. The van der Waals surface area contributed by atoms with E-state index < -0.39 is 5.82 Å². The Labute approximate surface area is 94.5 Å². The summed E-state index contributed by atoms with van der Waals surface area (Å²) in [4.78, 5) is 22.9. The quantitative estimate of drug-likeness (QED) is 0.717. The van der Waals surface area contributed by atoms with E-state index >= 15 is 0 Å². The molecule has 3 heteroatoms. The van der Waals surface area contributed by atoms with Crippen LogP contribution in [0, 0.1) is 11.7 Å². The summed E-state index contributed by atoms with van der Waals surface area (Å²) < 4.78 is 12.8. The van der Waals surface area contributed by atoms with Crippen LogP contribution < -0.4 is 0 Å². The minimum absolute atomic E-state index is 0.0553. The number of Topliss-reactive ketones (excluding diaryl/α,β-unsaturated/α-hetero) is 2. The predicted molar refractivity (Wildman–Crippen MR) is 59.8 cm³/mol. The number of carbonyl (C=O) groups excluding carboxylic acids is 2. The van der Waals surface area contributed by atoms with Crippen LogP contribution in [0.2, 0.25) is 0 Å². The molecule has 0 N–H and O–H groups in total. The molecule has 0 atom stereocenters. The second-order valence-corrected chi connectivity index (χ2v) is 4.05. The highest BCUT2D eigenvalue weighted by atomic mass is 19.1. The highest BCUT2D eigenvalue weighted by Crippen LogP contribution is 2.10. The Kier molecular flexibility index (Phi) is 4.35. The van der Waals surface area contributed by atoms with Gasteiger partial charge in [-0.05, 0) is 12.1 Å². The predicted octanol–water partition coefficient (Wildman–Crippen LogP) is 3.01. The van der Waals surface area contributed by atoms with Crippen molar-refractivity contribution in [2.24, 2.45) is 5.92 Å². The molecule has 0 saturated carbocycles. The van der Waals surface area contributed by atoms with E-state index in [0.717, 1.165) is 0 Å². The molecule has 0 bridgehead atoms. The van der Waals surface area contributed by atoms with Gasteiger partial charge in [-0.25, -0.2) is 4.39 Å². The van der Waals surface area contributed by atoms with Crippen molar-refractivity contribution in [3.8, 4) is 0 Å². The molecule has 0 fully saturated rings. The van der Waals surface area contributed by atoms with Crippen molar-refractivity contribution in [1.29, 1.82) is 0 Å². The van der Waals surface area contributed by atoms with Crippen LogP contribution in [0.3, 0.4) is 0 Å². The van der Waals surface area contributed by atoms with Crippen molar-refractivity contribution < 1.29 is 14.0 Å². The summed E-state index contributed by atoms with van der Waals surface area (Å²) in [6.45, 7) is 3.60. The highest BCUT2D eigenvalue weighted by Gasteiger charge is 2.12. The molecule has 0 aromatic heterocycles. The molecular weight excluding hydrogens is 207 g/mol. The van der Waals surface area contributed by atoms with Crippen molar-refractivity contribution >= 4 is 11.6 Å². The van der Waals surface area contributed by atoms with Gasteiger partial charge in [0.15, 0.2) is 5.78 Å². The Hall–Kier alpha value is -1.51. The third-order valence-corrected chi connectivity index (χ3v) is 2.39. The van der Waals surface area contributed by atoms with Gasteiger partial charge in [0.05, 0.1) is 0 Å². The van der Waals surface area contributed by atoms with Gasteiger partial charge in [0.2, 0.25) is 0 Å². The third kappa shape index (κ3) is 3.57. The summed E-state index contributed by atoms with van der Waals surface area (Å²) in [6.07, 6.45) is 0.382. The summed E-state index contributed by atoms with van der Waals surface area (Å²) >= 11 is 0. The lowest BCUT2D eigenvalue weighted by atomic mass is 10.0. The molecule has 0 heterocycles. The Balaban J connectivity index is 2.57. The maximum absolute atomic E-state index is 12.8. The van der Waals surface area contributed by atoms with Crippen molar-refractivity contribution in [3.05, 3.63) is 35.6 Å². The molecule has 1 aromatic carbocycles. The number of hydrogen-bond donors (Lipinski definition) is 0. The molecule has 0 aliphatic heterocycles. The van der Waals surface area contributed by atoms with Gasteiger partial charge < -0.3 is 0 Å². The third-order valence-electron chi connectivity index (χ3n) is 2.39. The number of rotatable bonds is 5. The van der Waals surface area contributed by atoms with Gasteiger partial charge in [-0.1, -0.05) is 26.0 Å². The van der Waals surface area contributed by atoms with E-state index in [1.165, 1.54) is 18.2 Å². The van der Waals surface area contributed by atoms with E-state index in [-0.39, 0.29) is 30.3 Å². The van der Waals surface area contributed by atoms with Crippen molar-refractivity contribution in [2.75, 3.05) is 0 Å².